The summed E-state index contributed by atoms with van der Waals surface area (Å²) >= 11 is 0. The molecule has 0 aromatic heterocycles. The number of hydrogen-bond acceptors (Lipinski definition) is 4. The molecule has 41 heavy (non-hydrogen) atoms. The van der Waals surface area contributed by atoms with Gasteiger partial charge in [-0.05, 0) is 116 Å². The number of hydrogen-bond donors (Lipinski definition) is 1. The van der Waals surface area contributed by atoms with Gasteiger partial charge < -0.3 is 14.7 Å². The molecule has 1 aliphatic heterocycles. The molecule has 5 aliphatic rings. The fraction of sp³-hybridized carbons (Fsp3) is 0.622. The number of rotatable bonds is 7. The fourth-order valence-electron chi connectivity index (χ4n) is 9.45. The van der Waals surface area contributed by atoms with E-state index in [4.69, 9.17) is 11.2 Å². The van der Waals surface area contributed by atoms with Gasteiger partial charge in [-0.1, -0.05) is 37.3 Å². The number of nitrogens with zero attached hydrogens (tertiary/aromatic N) is 2. The largest absolute Gasteiger partial charge is 0.492 e. The third-order valence-corrected chi connectivity index (χ3v) is 12.1. The van der Waals surface area contributed by atoms with Crippen molar-refractivity contribution in [3.63, 3.8) is 0 Å². The Bertz CT molecular complexity index is 1290. The molecule has 1 heterocycles. The van der Waals surface area contributed by atoms with Crippen LogP contribution in [0.15, 0.2) is 42.5 Å². The van der Waals surface area contributed by atoms with Gasteiger partial charge >= 0.3 is 0 Å². The van der Waals surface area contributed by atoms with E-state index in [2.05, 4.69) is 72.2 Å². The molecule has 4 heteroatoms. The first kappa shape index (κ1) is 27.5. The Morgan fingerprint density at radius 1 is 1.00 bits per heavy atom. The van der Waals surface area contributed by atoms with Gasteiger partial charge in [-0.2, -0.15) is 0 Å². The second kappa shape index (κ2) is 10.7. The standard InChI is InChI=1S/C37H48N2O2/c1-4-16-37(40)17-15-34-32-13-11-29-24-30(41-23-22-39-20-18-38(3)19-21-39)12-14-31(29)35(32)33(25-36(34,37)2)28-9-7-27(8-10-28)26-5-6-26/h1,7-10,12,14,24,26,32-35,40H,5-6,11,13,15-23,25H2,2-3H3/t32-,33+,34-,35?,36-,37-/m0/s1. The van der Waals surface area contributed by atoms with Gasteiger partial charge in [0.1, 0.15) is 12.4 Å². The molecule has 218 valence electrons. The van der Waals surface area contributed by atoms with E-state index in [-0.39, 0.29) is 5.41 Å². The van der Waals surface area contributed by atoms with Gasteiger partial charge in [-0.25, -0.2) is 0 Å². The predicted molar refractivity (Wildman–Crippen MR) is 165 cm³/mol. The lowest BCUT2D eigenvalue weighted by molar-refractivity contribution is -0.105. The summed E-state index contributed by atoms with van der Waals surface area (Å²) in [7, 11) is 2.20. The second-order valence-corrected chi connectivity index (χ2v) is 14.3. The maximum absolute atomic E-state index is 12.0. The molecule has 7 rings (SSSR count). The van der Waals surface area contributed by atoms with Crippen LogP contribution in [0.4, 0.5) is 0 Å². The molecule has 4 nitrogen and oxygen atoms in total. The molecule has 0 bridgehead atoms. The van der Waals surface area contributed by atoms with Crippen LogP contribution in [0.25, 0.3) is 0 Å². The molecule has 6 atom stereocenters. The predicted octanol–water partition coefficient (Wildman–Crippen LogP) is 6.19. The number of piperazine rings is 1. The highest BCUT2D eigenvalue weighted by molar-refractivity contribution is 5.44. The lowest BCUT2D eigenvalue weighted by atomic mass is 9.49. The molecule has 1 saturated heterocycles. The number of ether oxygens (including phenoxy) is 1. The lowest BCUT2D eigenvalue weighted by Gasteiger charge is -2.56. The van der Waals surface area contributed by atoms with Crippen molar-refractivity contribution in [2.24, 2.45) is 17.3 Å². The molecule has 0 radical (unpaired) electrons. The van der Waals surface area contributed by atoms with Crippen LogP contribution in [0.5, 0.6) is 5.75 Å². The van der Waals surface area contributed by atoms with Crippen LogP contribution in [0, 0.1) is 29.6 Å². The number of likely N-dealkylation sites (N-methyl/N-ethyl adjacent to an activating group) is 1. The van der Waals surface area contributed by atoms with Crippen molar-refractivity contribution in [3.05, 3.63) is 64.7 Å². The van der Waals surface area contributed by atoms with Crippen molar-refractivity contribution in [1.82, 2.24) is 9.80 Å². The van der Waals surface area contributed by atoms with Gasteiger partial charge in [-0.15, -0.1) is 12.3 Å². The van der Waals surface area contributed by atoms with Crippen LogP contribution < -0.4 is 4.74 Å². The fourth-order valence-corrected chi connectivity index (χ4v) is 9.45. The average molecular weight is 553 g/mol. The maximum atomic E-state index is 12.0. The highest BCUT2D eigenvalue weighted by atomic mass is 16.5. The summed E-state index contributed by atoms with van der Waals surface area (Å²) in [6.07, 6.45) is 14.2. The van der Waals surface area contributed by atoms with Crippen LogP contribution in [-0.4, -0.2) is 66.9 Å². The topological polar surface area (TPSA) is 35.9 Å². The van der Waals surface area contributed by atoms with Crippen LogP contribution in [0.1, 0.15) is 91.9 Å². The van der Waals surface area contributed by atoms with Gasteiger partial charge in [0.25, 0.3) is 0 Å². The Morgan fingerprint density at radius 3 is 2.49 bits per heavy atom. The molecular formula is C37H48N2O2. The monoisotopic (exact) mass is 552 g/mol. The highest BCUT2D eigenvalue weighted by Gasteiger charge is 2.63. The minimum Gasteiger partial charge on any atom is -0.492 e. The number of terminal acetylenes is 1. The zero-order valence-corrected chi connectivity index (χ0v) is 25.2. The van der Waals surface area contributed by atoms with E-state index in [1.54, 1.807) is 0 Å². The van der Waals surface area contributed by atoms with E-state index in [0.29, 0.717) is 30.1 Å². The number of aryl methyl sites for hydroxylation is 1. The molecule has 3 saturated carbocycles. The minimum atomic E-state index is -0.759. The Kier molecular flexibility index (Phi) is 7.21. The van der Waals surface area contributed by atoms with E-state index in [0.717, 1.165) is 76.7 Å². The maximum Gasteiger partial charge on any atom is 0.119 e. The van der Waals surface area contributed by atoms with Crippen molar-refractivity contribution in [2.45, 2.75) is 81.6 Å². The molecule has 2 aromatic rings. The van der Waals surface area contributed by atoms with Crippen molar-refractivity contribution in [2.75, 3.05) is 46.4 Å². The molecule has 2 aromatic carbocycles. The Hall–Kier alpha value is -2.32. The molecular weight excluding hydrogens is 504 g/mol. The normalized spacial score (nSPS) is 35.3. The molecule has 1 N–H and O–H groups in total. The van der Waals surface area contributed by atoms with E-state index in [1.807, 2.05) is 0 Å². The van der Waals surface area contributed by atoms with Gasteiger partial charge in [0.15, 0.2) is 0 Å². The number of fused-ring (bicyclic) bond motifs is 5. The molecule has 4 fully saturated rings. The summed E-state index contributed by atoms with van der Waals surface area (Å²) in [4.78, 5) is 4.92. The van der Waals surface area contributed by atoms with E-state index in [1.165, 1.54) is 41.5 Å². The minimum absolute atomic E-state index is 0.149. The van der Waals surface area contributed by atoms with Crippen LogP contribution >= 0.6 is 0 Å². The van der Waals surface area contributed by atoms with Crippen LogP contribution in [0.3, 0.4) is 0 Å². The quantitative estimate of drug-likeness (QED) is 0.415. The van der Waals surface area contributed by atoms with Gasteiger partial charge in [-0.3, -0.25) is 4.90 Å². The first-order valence-electron chi connectivity index (χ1n) is 16.3. The third-order valence-electron chi connectivity index (χ3n) is 12.1. The first-order valence-corrected chi connectivity index (χ1v) is 16.3. The molecule has 1 unspecified atom stereocenters. The summed E-state index contributed by atoms with van der Waals surface area (Å²) in [5, 5.41) is 12.0. The summed E-state index contributed by atoms with van der Waals surface area (Å²) in [6.45, 7) is 8.67. The van der Waals surface area contributed by atoms with Gasteiger partial charge in [0.05, 0.1) is 5.60 Å². The zero-order chi connectivity index (χ0) is 28.2. The van der Waals surface area contributed by atoms with Crippen molar-refractivity contribution in [1.29, 1.82) is 0 Å². The smallest absolute Gasteiger partial charge is 0.119 e. The first-order chi connectivity index (χ1) is 19.9. The Morgan fingerprint density at radius 2 is 1.76 bits per heavy atom. The van der Waals surface area contributed by atoms with Crippen molar-refractivity contribution in [3.8, 4) is 18.1 Å². The van der Waals surface area contributed by atoms with Crippen LogP contribution in [-0.2, 0) is 6.42 Å². The number of aliphatic hydroxyl groups is 1. The third kappa shape index (κ3) is 4.93. The van der Waals surface area contributed by atoms with Gasteiger partial charge in [0.2, 0.25) is 0 Å². The SMILES string of the molecule is C#CC[C@]1(O)CC[C@H]2[C@@H]3CCc4cc(OCCN5CCN(C)CC5)ccc4C3[C@@H](c3ccc(C4CC4)cc3)C[C@@]21C. The highest BCUT2D eigenvalue weighted by Crippen LogP contribution is 2.68. The van der Waals surface area contributed by atoms with Gasteiger partial charge in [0, 0.05) is 44.6 Å². The summed E-state index contributed by atoms with van der Waals surface area (Å²) < 4.78 is 6.32. The summed E-state index contributed by atoms with van der Waals surface area (Å²) in [5.41, 5.74) is 5.04. The van der Waals surface area contributed by atoms with Crippen molar-refractivity contribution >= 4 is 0 Å². The Labute approximate surface area is 247 Å². The van der Waals surface area contributed by atoms with E-state index >= 15 is 0 Å². The van der Waals surface area contributed by atoms with E-state index in [9.17, 15) is 5.11 Å². The van der Waals surface area contributed by atoms with Crippen molar-refractivity contribution < 1.29 is 9.84 Å². The van der Waals surface area contributed by atoms with Crippen LogP contribution in [0.2, 0.25) is 0 Å². The molecule has 0 amide bonds. The Balaban J connectivity index is 1.16. The number of benzene rings is 2. The lowest BCUT2D eigenvalue weighted by Crippen LogP contribution is -2.52. The zero-order valence-electron chi connectivity index (χ0n) is 25.2. The second-order valence-electron chi connectivity index (χ2n) is 14.3. The average Bonchev–Trinajstić information content (AvgIpc) is 3.79. The molecule has 4 aliphatic carbocycles. The summed E-state index contributed by atoms with van der Waals surface area (Å²) in [6, 6.07) is 16.6. The molecule has 0 spiro atoms. The van der Waals surface area contributed by atoms with E-state index < -0.39 is 5.60 Å². The summed E-state index contributed by atoms with van der Waals surface area (Å²) in [5.74, 6) is 6.60.